The number of nitrogens with two attached hydrogens (primary N) is 1. The van der Waals surface area contributed by atoms with Crippen molar-refractivity contribution in [3.8, 4) is 0 Å². The number of hydrogen-bond acceptors (Lipinski definition) is 2. The van der Waals surface area contributed by atoms with Crippen molar-refractivity contribution < 1.29 is 0 Å². The fourth-order valence-corrected chi connectivity index (χ4v) is 3.53. The van der Waals surface area contributed by atoms with E-state index in [2.05, 4.69) is 18.7 Å². The van der Waals surface area contributed by atoms with Crippen LogP contribution in [0, 0.1) is 5.92 Å². The molecular formula is C11H23NS. The summed E-state index contributed by atoms with van der Waals surface area (Å²) in [5.74, 6) is 2.30. The third kappa shape index (κ3) is 4.92. The van der Waals surface area contributed by atoms with E-state index in [9.17, 15) is 0 Å². The zero-order valence-electron chi connectivity index (χ0n) is 8.80. The summed E-state index contributed by atoms with van der Waals surface area (Å²) in [6.45, 7) is 3.26. The maximum absolute atomic E-state index is 5.46. The highest BCUT2D eigenvalue weighted by Gasteiger charge is 2.18. The number of rotatable bonds is 5. The molecular weight excluding hydrogens is 178 g/mol. The van der Waals surface area contributed by atoms with Gasteiger partial charge in [-0.3, -0.25) is 0 Å². The van der Waals surface area contributed by atoms with E-state index < -0.39 is 0 Å². The quantitative estimate of drug-likeness (QED) is 0.692. The molecule has 2 atom stereocenters. The molecule has 0 heterocycles. The van der Waals surface area contributed by atoms with Crippen molar-refractivity contribution in [1.82, 2.24) is 0 Å². The van der Waals surface area contributed by atoms with E-state index in [4.69, 9.17) is 5.73 Å². The van der Waals surface area contributed by atoms with Crippen LogP contribution >= 0.6 is 11.8 Å². The van der Waals surface area contributed by atoms with Gasteiger partial charge in [0.1, 0.15) is 0 Å². The van der Waals surface area contributed by atoms with Gasteiger partial charge in [0.2, 0.25) is 0 Å². The molecule has 2 heteroatoms. The van der Waals surface area contributed by atoms with Crippen molar-refractivity contribution in [2.75, 3.05) is 12.3 Å². The minimum Gasteiger partial charge on any atom is -0.330 e. The normalized spacial score (nSPS) is 29.1. The summed E-state index contributed by atoms with van der Waals surface area (Å²) in [6.07, 6.45) is 8.34. The summed E-state index contributed by atoms with van der Waals surface area (Å²) in [5, 5.41) is 0.960. The van der Waals surface area contributed by atoms with Gasteiger partial charge in [-0.05, 0) is 43.9 Å². The maximum Gasteiger partial charge on any atom is 0.00495 e. The molecule has 13 heavy (non-hydrogen) atoms. The number of hydrogen-bond donors (Lipinski definition) is 1. The summed E-state index contributed by atoms with van der Waals surface area (Å²) >= 11 is 2.19. The fraction of sp³-hybridized carbons (Fsp3) is 1.00. The van der Waals surface area contributed by atoms with Crippen LogP contribution in [0.1, 0.15) is 45.4 Å². The van der Waals surface area contributed by atoms with E-state index in [1.165, 1.54) is 44.3 Å². The molecule has 78 valence electrons. The van der Waals surface area contributed by atoms with Gasteiger partial charge in [-0.25, -0.2) is 0 Å². The van der Waals surface area contributed by atoms with Crippen LogP contribution in [0.25, 0.3) is 0 Å². The molecule has 1 fully saturated rings. The monoisotopic (exact) mass is 201 g/mol. The predicted molar refractivity (Wildman–Crippen MR) is 62.2 cm³/mol. The summed E-state index contributed by atoms with van der Waals surface area (Å²) in [4.78, 5) is 0. The Labute approximate surface area is 86.8 Å². The summed E-state index contributed by atoms with van der Waals surface area (Å²) in [5.41, 5.74) is 5.46. The van der Waals surface area contributed by atoms with Crippen LogP contribution in [-0.2, 0) is 0 Å². The Morgan fingerprint density at radius 1 is 1.31 bits per heavy atom. The summed E-state index contributed by atoms with van der Waals surface area (Å²) in [7, 11) is 0. The van der Waals surface area contributed by atoms with Crippen LogP contribution in [0.15, 0.2) is 0 Å². The van der Waals surface area contributed by atoms with Crippen LogP contribution in [0.2, 0.25) is 0 Å². The minimum atomic E-state index is 0.863. The van der Waals surface area contributed by atoms with Crippen molar-refractivity contribution in [2.45, 2.75) is 50.7 Å². The Hall–Kier alpha value is 0.310. The first-order chi connectivity index (χ1) is 6.33. The first kappa shape index (κ1) is 11.4. The average Bonchev–Trinajstić information content (AvgIpc) is 2.13. The number of unbranched alkanes of at least 4 members (excludes halogenated alkanes) is 1. The second kappa shape index (κ2) is 6.72. The van der Waals surface area contributed by atoms with Crippen molar-refractivity contribution >= 4 is 11.8 Å². The molecule has 0 saturated heterocycles. The van der Waals surface area contributed by atoms with E-state index in [1.54, 1.807) is 0 Å². The summed E-state index contributed by atoms with van der Waals surface area (Å²) < 4.78 is 0. The summed E-state index contributed by atoms with van der Waals surface area (Å²) in [6, 6.07) is 0. The lowest BCUT2D eigenvalue weighted by Gasteiger charge is -2.26. The number of thioether (sulfide) groups is 1. The third-order valence-corrected chi connectivity index (χ3v) is 4.26. The highest BCUT2D eigenvalue weighted by molar-refractivity contribution is 7.99. The van der Waals surface area contributed by atoms with Crippen LogP contribution in [0.4, 0.5) is 0 Å². The highest BCUT2D eigenvalue weighted by Crippen LogP contribution is 2.32. The Morgan fingerprint density at radius 2 is 2.15 bits per heavy atom. The average molecular weight is 201 g/mol. The Morgan fingerprint density at radius 3 is 2.85 bits per heavy atom. The topological polar surface area (TPSA) is 26.0 Å². The van der Waals surface area contributed by atoms with Gasteiger partial charge in [-0.2, -0.15) is 11.8 Å². The molecule has 1 aliphatic carbocycles. The first-order valence-corrected chi connectivity index (χ1v) is 6.69. The van der Waals surface area contributed by atoms with Gasteiger partial charge in [0.05, 0.1) is 0 Å². The fourth-order valence-electron chi connectivity index (χ4n) is 2.03. The molecule has 1 nitrogen and oxygen atoms in total. The van der Waals surface area contributed by atoms with Crippen molar-refractivity contribution in [1.29, 1.82) is 0 Å². The van der Waals surface area contributed by atoms with Gasteiger partial charge < -0.3 is 5.73 Å². The molecule has 1 rings (SSSR count). The van der Waals surface area contributed by atoms with Gasteiger partial charge in [0.15, 0.2) is 0 Å². The lowest BCUT2D eigenvalue weighted by Crippen LogP contribution is -2.15. The smallest absolute Gasteiger partial charge is 0.00495 e. The SMILES string of the molecule is CC1CCCC(SCCCCN)C1. The molecule has 0 aromatic heterocycles. The Kier molecular flexibility index (Phi) is 5.88. The van der Waals surface area contributed by atoms with Crippen molar-refractivity contribution in [3.05, 3.63) is 0 Å². The molecule has 0 spiro atoms. The van der Waals surface area contributed by atoms with Crippen molar-refractivity contribution in [3.63, 3.8) is 0 Å². The van der Waals surface area contributed by atoms with E-state index in [0.29, 0.717) is 0 Å². The van der Waals surface area contributed by atoms with Crippen LogP contribution in [-0.4, -0.2) is 17.5 Å². The van der Waals surface area contributed by atoms with Crippen LogP contribution in [0.5, 0.6) is 0 Å². The van der Waals surface area contributed by atoms with Crippen LogP contribution < -0.4 is 5.73 Å². The largest absolute Gasteiger partial charge is 0.330 e. The second-order valence-electron chi connectivity index (χ2n) is 4.26. The van der Waals surface area contributed by atoms with Crippen molar-refractivity contribution in [2.24, 2.45) is 11.7 Å². The van der Waals surface area contributed by atoms with Gasteiger partial charge in [-0.1, -0.05) is 19.8 Å². The third-order valence-electron chi connectivity index (χ3n) is 2.84. The molecule has 0 aliphatic heterocycles. The molecule has 0 radical (unpaired) electrons. The van der Waals surface area contributed by atoms with Gasteiger partial charge in [0, 0.05) is 5.25 Å². The molecule has 1 saturated carbocycles. The zero-order chi connectivity index (χ0) is 9.52. The molecule has 2 N–H and O–H groups in total. The maximum atomic E-state index is 5.46. The Bertz CT molecular complexity index is 127. The van der Waals surface area contributed by atoms with Gasteiger partial charge >= 0.3 is 0 Å². The lowest BCUT2D eigenvalue weighted by molar-refractivity contribution is 0.394. The van der Waals surface area contributed by atoms with E-state index >= 15 is 0 Å². The molecule has 0 aromatic carbocycles. The first-order valence-electron chi connectivity index (χ1n) is 5.64. The standard InChI is InChI=1S/C11H23NS/c1-10-5-4-6-11(9-10)13-8-3-2-7-12/h10-11H,2-9,12H2,1H3. The van der Waals surface area contributed by atoms with E-state index in [1.807, 2.05) is 0 Å². The minimum absolute atomic E-state index is 0.863. The molecule has 0 amide bonds. The highest BCUT2D eigenvalue weighted by atomic mass is 32.2. The van der Waals surface area contributed by atoms with Gasteiger partial charge in [0.25, 0.3) is 0 Å². The lowest BCUT2D eigenvalue weighted by atomic mass is 9.91. The molecule has 2 unspecified atom stereocenters. The zero-order valence-corrected chi connectivity index (χ0v) is 9.61. The predicted octanol–water partition coefficient (Wildman–Crippen LogP) is 3.04. The molecule has 1 aliphatic rings. The second-order valence-corrected chi connectivity index (χ2v) is 5.67. The molecule has 0 bridgehead atoms. The van der Waals surface area contributed by atoms with Gasteiger partial charge in [-0.15, -0.1) is 0 Å². The van der Waals surface area contributed by atoms with E-state index in [-0.39, 0.29) is 0 Å². The van der Waals surface area contributed by atoms with E-state index in [0.717, 1.165) is 17.7 Å². The Balaban J connectivity index is 2.00. The van der Waals surface area contributed by atoms with Crippen LogP contribution in [0.3, 0.4) is 0 Å². The molecule has 0 aromatic rings.